The molecule has 0 unspecified atom stereocenters. The zero-order chi connectivity index (χ0) is 22.6. The van der Waals surface area contributed by atoms with Gasteiger partial charge in [0.15, 0.2) is 0 Å². The number of carbonyl (C=O) groups excluding carboxylic acids is 3. The lowest BCUT2D eigenvalue weighted by molar-refractivity contribution is -0.141. The van der Waals surface area contributed by atoms with Crippen LogP contribution in [0, 0.1) is 0 Å². The van der Waals surface area contributed by atoms with E-state index in [1.807, 2.05) is 24.3 Å². The lowest BCUT2D eigenvalue weighted by Crippen LogP contribution is -2.53. The highest BCUT2D eigenvalue weighted by Crippen LogP contribution is 2.26. The molecule has 0 radical (unpaired) electrons. The average Bonchev–Trinajstić information content (AvgIpc) is 3.40. The van der Waals surface area contributed by atoms with Gasteiger partial charge in [-0.2, -0.15) is 0 Å². The van der Waals surface area contributed by atoms with Crippen LogP contribution in [0.4, 0.5) is 4.79 Å². The molecule has 2 aliphatic rings. The quantitative estimate of drug-likeness (QED) is 0.774. The highest BCUT2D eigenvalue weighted by atomic mass is 16.6. The van der Waals surface area contributed by atoms with Gasteiger partial charge in [0.1, 0.15) is 23.4 Å². The molecule has 3 rings (SSSR count). The van der Waals surface area contributed by atoms with Crippen molar-refractivity contribution >= 4 is 17.9 Å². The van der Waals surface area contributed by atoms with E-state index in [0.717, 1.165) is 24.2 Å². The third kappa shape index (κ3) is 5.68. The van der Waals surface area contributed by atoms with Gasteiger partial charge in [0.25, 0.3) is 0 Å². The Morgan fingerprint density at radius 1 is 1.06 bits per heavy atom. The lowest BCUT2D eigenvalue weighted by atomic mass is 10.1. The van der Waals surface area contributed by atoms with Crippen LogP contribution in [-0.2, 0) is 20.9 Å². The van der Waals surface area contributed by atoms with E-state index < -0.39 is 23.8 Å². The molecule has 1 aromatic carbocycles. The normalized spacial score (nSPS) is 21.2. The molecule has 0 saturated carbocycles. The summed E-state index contributed by atoms with van der Waals surface area (Å²) in [5.41, 5.74) is 0.305. The average molecular weight is 432 g/mol. The fraction of sp³-hybridized carbons (Fsp3) is 0.609. The number of hydrogen-bond acceptors (Lipinski definition) is 5. The summed E-state index contributed by atoms with van der Waals surface area (Å²) in [6.45, 7) is 6.80. The number of nitrogens with one attached hydrogen (secondary N) is 1. The van der Waals surface area contributed by atoms with Crippen molar-refractivity contribution in [2.45, 2.75) is 70.7 Å². The predicted molar refractivity (Wildman–Crippen MR) is 116 cm³/mol. The van der Waals surface area contributed by atoms with E-state index in [4.69, 9.17) is 9.47 Å². The van der Waals surface area contributed by atoms with Crippen LogP contribution in [0.5, 0.6) is 5.75 Å². The van der Waals surface area contributed by atoms with Crippen LogP contribution in [0.25, 0.3) is 0 Å². The third-order valence-corrected chi connectivity index (χ3v) is 5.61. The first-order valence-corrected chi connectivity index (χ1v) is 10.9. The number of methoxy groups -OCH3 is 1. The Labute approximate surface area is 183 Å². The van der Waals surface area contributed by atoms with Gasteiger partial charge in [-0.05, 0) is 64.2 Å². The van der Waals surface area contributed by atoms with Gasteiger partial charge in [-0.15, -0.1) is 0 Å². The minimum Gasteiger partial charge on any atom is -0.497 e. The fourth-order valence-electron chi connectivity index (χ4n) is 4.15. The maximum Gasteiger partial charge on any atom is 0.410 e. The Balaban J connectivity index is 1.62. The number of likely N-dealkylation sites (tertiary alicyclic amines) is 2. The summed E-state index contributed by atoms with van der Waals surface area (Å²) in [5, 5.41) is 2.94. The first-order chi connectivity index (χ1) is 14.7. The fourth-order valence-corrected chi connectivity index (χ4v) is 4.15. The molecule has 0 aliphatic carbocycles. The maximum atomic E-state index is 13.3. The van der Waals surface area contributed by atoms with E-state index in [9.17, 15) is 14.4 Å². The van der Waals surface area contributed by atoms with Crippen molar-refractivity contribution in [3.8, 4) is 5.75 Å². The van der Waals surface area contributed by atoms with Crippen molar-refractivity contribution < 1.29 is 23.9 Å². The Morgan fingerprint density at radius 3 is 2.42 bits per heavy atom. The Kier molecular flexibility index (Phi) is 7.08. The van der Waals surface area contributed by atoms with E-state index in [-0.39, 0.29) is 11.8 Å². The number of rotatable bonds is 5. The minimum absolute atomic E-state index is 0.164. The largest absolute Gasteiger partial charge is 0.497 e. The standard InChI is InChI=1S/C23H33N3O5/c1-23(2,3)31-22(29)26-13-7-11-19(26)21(28)25-12-6-10-18(25)20(27)24-15-16-8-5-9-17(14-16)30-4/h5,8-9,14,18-19H,6-7,10-13,15H2,1-4H3,(H,24,27)/t18-,19-/m0/s1. The van der Waals surface area contributed by atoms with Gasteiger partial charge in [-0.1, -0.05) is 12.1 Å². The van der Waals surface area contributed by atoms with E-state index in [1.165, 1.54) is 4.90 Å². The number of hydrogen-bond donors (Lipinski definition) is 1. The van der Waals surface area contributed by atoms with Gasteiger partial charge in [-0.3, -0.25) is 14.5 Å². The van der Waals surface area contributed by atoms with Gasteiger partial charge >= 0.3 is 6.09 Å². The minimum atomic E-state index is -0.622. The first kappa shape index (κ1) is 22.9. The smallest absolute Gasteiger partial charge is 0.410 e. The third-order valence-electron chi connectivity index (χ3n) is 5.61. The van der Waals surface area contributed by atoms with Crippen molar-refractivity contribution in [3.05, 3.63) is 29.8 Å². The predicted octanol–water partition coefficient (Wildman–Crippen LogP) is 2.70. The van der Waals surface area contributed by atoms with Crippen LogP contribution >= 0.6 is 0 Å². The number of amides is 3. The number of nitrogens with zero attached hydrogens (tertiary/aromatic N) is 2. The Hall–Kier alpha value is -2.77. The summed E-state index contributed by atoms with van der Waals surface area (Å²) in [4.78, 5) is 41.9. The van der Waals surface area contributed by atoms with Gasteiger partial charge in [0, 0.05) is 19.6 Å². The SMILES string of the molecule is COc1cccc(CNC(=O)[C@@H]2CCCN2C(=O)[C@@H]2CCCN2C(=O)OC(C)(C)C)c1. The number of carbonyl (C=O) groups is 3. The second-order valence-electron chi connectivity index (χ2n) is 9.09. The monoisotopic (exact) mass is 431 g/mol. The molecular weight excluding hydrogens is 398 g/mol. The van der Waals surface area contributed by atoms with Crippen LogP contribution < -0.4 is 10.1 Å². The first-order valence-electron chi connectivity index (χ1n) is 10.9. The zero-order valence-corrected chi connectivity index (χ0v) is 18.8. The number of ether oxygens (including phenoxy) is 2. The molecule has 0 spiro atoms. The summed E-state index contributed by atoms with van der Waals surface area (Å²) in [5.74, 6) is 0.394. The molecule has 3 amide bonds. The molecule has 2 atom stereocenters. The Morgan fingerprint density at radius 2 is 1.74 bits per heavy atom. The molecule has 170 valence electrons. The summed E-state index contributed by atoms with van der Waals surface area (Å²) in [6.07, 6.45) is 2.25. The van der Waals surface area contributed by atoms with Crippen LogP contribution in [0.1, 0.15) is 52.0 Å². The second kappa shape index (κ2) is 9.58. The summed E-state index contributed by atoms with van der Waals surface area (Å²) in [6, 6.07) is 6.42. The van der Waals surface area contributed by atoms with Crippen LogP contribution in [-0.4, -0.2) is 65.6 Å². The van der Waals surface area contributed by atoms with Gasteiger partial charge in [-0.25, -0.2) is 4.79 Å². The molecule has 1 aromatic rings. The molecule has 0 aromatic heterocycles. The van der Waals surface area contributed by atoms with Gasteiger partial charge in [0.05, 0.1) is 7.11 Å². The molecule has 2 heterocycles. The van der Waals surface area contributed by atoms with Gasteiger partial charge < -0.3 is 19.7 Å². The van der Waals surface area contributed by atoms with Crippen LogP contribution in [0.3, 0.4) is 0 Å². The lowest BCUT2D eigenvalue weighted by Gasteiger charge is -2.32. The van der Waals surface area contributed by atoms with E-state index in [1.54, 1.807) is 32.8 Å². The van der Waals surface area contributed by atoms with Crippen molar-refractivity contribution in [1.82, 2.24) is 15.1 Å². The molecule has 31 heavy (non-hydrogen) atoms. The molecule has 8 nitrogen and oxygen atoms in total. The molecular formula is C23H33N3O5. The van der Waals surface area contributed by atoms with E-state index >= 15 is 0 Å². The highest BCUT2D eigenvalue weighted by molar-refractivity contribution is 5.92. The Bertz CT molecular complexity index is 820. The van der Waals surface area contributed by atoms with E-state index in [2.05, 4.69) is 5.32 Å². The summed E-state index contributed by atoms with van der Waals surface area (Å²) in [7, 11) is 1.60. The number of benzene rings is 1. The second-order valence-corrected chi connectivity index (χ2v) is 9.09. The molecule has 8 heteroatoms. The molecule has 0 bridgehead atoms. The highest BCUT2D eigenvalue weighted by Gasteiger charge is 2.43. The molecule has 2 saturated heterocycles. The van der Waals surface area contributed by atoms with Crippen molar-refractivity contribution in [2.75, 3.05) is 20.2 Å². The zero-order valence-electron chi connectivity index (χ0n) is 18.8. The summed E-state index contributed by atoms with van der Waals surface area (Å²) >= 11 is 0. The summed E-state index contributed by atoms with van der Waals surface area (Å²) < 4.78 is 10.7. The molecule has 1 N–H and O–H groups in total. The van der Waals surface area contributed by atoms with Crippen molar-refractivity contribution in [3.63, 3.8) is 0 Å². The van der Waals surface area contributed by atoms with Gasteiger partial charge in [0.2, 0.25) is 11.8 Å². The maximum absolute atomic E-state index is 13.3. The molecule has 2 fully saturated rings. The topological polar surface area (TPSA) is 88.2 Å². The van der Waals surface area contributed by atoms with Crippen LogP contribution in [0.15, 0.2) is 24.3 Å². The van der Waals surface area contributed by atoms with Crippen molar-refractivity contribution in [1.29, 1.82) is 0 Å². The van der Waals surface area contributed by atoms with E-state index in [0.29, 0.717) is 32.5 Å². The van der Waals surface area contributed by atoms with Crippen molar-refractivity contribution in [2.24, 2.45) is 0 Å². The molecule has 2 aliphatic heterocycles. The van der Waals surface area contributed by atoms with Crippen LogP contribution in [0.2, 0.25) is 0 Å².